The van der Waals surface area contributed by atoms with Gasteiger partial charge in [-0.15, -0.1) is 0 Å². The largest absolute Gasteiger partial charge is 0.503 e. The molecule has 116 valence electrons. The number of carbonyl (C=O) groups is 2. The van der Waals surface area contributed by atoms with E-state index in [0.717, 1.165) is 6.42 Å². The molecule has 0 heterocycles. The van der Waals surface area contributed by atoms with Crippen molar-refractivity contribution in [2.24, 2.45) is 11.3 Å². The number of ether oxygens (including phenoxy) is 1. The Labute approximate surface area is 118 Å². The van der Waals surface area contributed by atoms with Gasteiger partial charge in [-0.05, 0) is 17.8 Å². The lowest BCUT2D eigenvalue weighted by atomic mass is 10.1. The summed E-state index contributed by atoms with van der Waals surface area (Å²) in [5.74, 6) is -0.986. The Morgan fingerprint density at radius 2 is 1.80 bits per heavy atom. The van der Waals surface area contributed by atoms with Gasteiger partial charge in [0.1, 0.15) is 5.03 Å². The average molecular weight is 319 g/mol. The van der Waals surface area contributed by atoms with Gasteiger partial charge >= 0.3 is 18.3 Å². The van der Waals surface area contributed by atoms with Gasteiger partial charge < -0.3 is 14.9 Å². The Hall–Kier alpha value is -1.44. The van der Waals surface area contributed by atoms with E-state index in [0.29, 0.717) is 0 Å². The fraction of sp³-hybridized carbons (Fsp3) is 0.636. The van der Waals surface area contributed by atoms with E-state index in [1.807, 2.05) is 13.8 Å². The highest BCUT2D eigenvalue weighted by atomic mass is 35.5. The summed E-state index contributed by atoms with van der Waals surface area (Å²) >= 11 is 5.54. The summed E-state index contributed by atoms with van der Waals surface area (Å²) in [6, 6.07) is 0. The first-order valence-corrected chi connectivity index (χ1v) is 5.76. The molecule has 0 aromatic carbocycles. The maximum Gasteiger partial charge on any atom is 0.503 e. The zero-order valence-corrected chi connectivity index (χ0v) is 11.5. The molecule has 5 nitrogen and oxygen atoms in total. The summed E-state index contributed by atoms with van der Waals surface area (Å²) in [5.41, 5.74) is 0.0739. The van der Waals surface area contributed by atoms with Crippen LogP contribution < -0.4 is 0 Å². The van der Waals surface area contributed by atoms with Gasteiger partial charge in [-0.3, -0.25) is 0 Å². The number of carbonyl (C=O) groups excluding carboxylic acids is 1. The summed E-state index contributed by atoms with van der Waals surface area (Å²) in [6.07, 6.45) is -4.03. The molecule has 1 unspecified atom stereocenters. The molecule has 0 aromatic rings. The molecule has 2 N–H and O–H groups in total. The quantitative estimate of drug-likeness (QED) is 0.614. The second-order valence-corrected chi connectivity index (χ2v) is 5.19. The summed E-state index contributed by atoms with van der Waals surface area (Å²) < 4.78 is 39.2. The van der Waals surface area contributed by atoms with Crippen LogP contribution in [0.3, 0.4) is 0 Å². The van der Waals surface area contributed by atoms with Crippen LogP contribution in [-0.4, -0.2) is 35.1 Å². The minimum absolute atomic E-state index is 0.0739. The molecule has 1 saturated carbocycles. The minimum Gasteiger partial charge on any atom is -0.452 e. The normalized spacial score (nSPS) is 20.5. The average Bonchev–Trinajstić information content (AvgIpc) is 2.80. The van der Waals surface area contributed by atoms with Gasteiger partial charge in [0.2, 0.25) is 0 Å². The monoisotopic (exact) mass is 318 g/mol. The van der Waals surface area contributed by atoms with Crippen LogP contribution in [0.25, 0.3) is 0 Å². The van der Waals surface area contributed by atoms with E-state index in [-0.39, 0.29) is 16.4 Å². The van der Waals surface area contributed by atoms with E-state index < -0.39 is 24.9 Å². The van der Waals surface area contributed by atoms with Gasteiger partial charge in [0.25, 0.3) is 0 Å². The number of carboxylic acid groups (broad SMARTS) is 2. The number of hydrogen-bond donors (Lipinski definition) is 2. The van der Waals surface area contributed by atoms with Crippen molar-refractivity contribution in [1.82, 2.24) is 0 Å². The molecule has 0 saturated heterocycles. The van der Waals surface area contributed by atoms with Crippen molar-refractivity contribution in [2.75, 3.05) is 6.61 Å². The van der Waals surface area contributed by atoms with Crippen molar-refractivity contribution >= 4 is 23.7 Å². The molecule has 0 bridgehead atoms. The second kappa shape index (κ2) is 6.83. The van der Waals surface area contributed by atoms with Gasteiger partial charge in [0.05, 0.1) is 0 Å². The third kappa shape index (κ3) is 8.63. The molecule has 9 heteroatoms. The smallest absolute Gasteiger partial charge is 0.452 e. The summed E-state index contributed by atoms with van der Waals surface area (Å²) in [6.45, 7) is 2.36. The van der Waals surface area contributed by atoms with E-state index in [2.05, 4.69) is 4.74 Å². The predicted molar refractivity (Wildman–Crippen MR) is 63.5 cm³/mol. The van der Waals surface area contributed by atoms with E-state index in [4.69, 9.17) is 26.6 Å². The molecule has 0 aliphatic heterocycles. The Kier molecular flexibility index (Phi) is 6.33. The van der Waals surface area contributed by atoms with E-state index in [9.17, 15) is 18.0 Å². The van der Waals surface area contributed by atoms with Crippen LogP contribution in [0, 0.1) is 11.3 Å². The molecule has 1 rings (SSSR count). The van der Waals surface area contributed by atoms with E-state index in [1.54, 1.807) is 0 Å². The Bertz CT molecular complexity index is 399. The first-order valence-electron chi connectivity index (χ1n) is 5.38. The first kappa shape index (κ1) is 18.6. The number of allylic oxidation sites excluding steroid dienone is 1. The summed E-state index contributed by atoms with van der Waals surface area (Å²) in [5, 5.41) is 13.7. The number of halogens is 4. The third-order valence-corrected chi connectivity index (χ3v) is 2.78. The molecule has 20 heavy (non-hydrogen) atoms. The van der Waals surface area contributed by atoms with Crippen molar-refractivity contribution in [2.45, 2.75) is 26.4 Å². The van der Waals surface area contributed by atoms with Crippen molar-refractivity contribution in [3.8, 4) is 0 Å². The molecular formula is C11H14ClF3O5. The predicted octanol–water partition coefficient (Wildman–Crippen LogP) is 3.48. The molecule has 1 aliphatic rings. The Morgan fingerprint density at radius 1 is 1.40 bits per heavy atom. The van der Waals surface area contributed by atoms with E-state index >= 15 is 0 Å². The number of rotatable bonds is 3. The lowest BCUT2D eigenvalue weighted by molar-refractivity contribution is -0.183. The summed E-state index contributed by atoms with van der Waals surface area (Å²) in [4.78, 5) is 19.6. The van der Waals surface area contributed by atoms with Gasteiger partial charge in [0.15, 0.2) is 6.61 Å². The molecule has 0 radical (unpaired) electrons. The molecule has 0 aromatic heterocycles. The molecule has 0 amide bonds. The summed E-state index contributed by atoms with van der Waals surface area (Å²) in [7, 11) is 0. The topological polar surface area (TPSA) is 83.8 Å². The molecule has 1 fully saturated rings. The van der Waals surface area contributed by atoms with Crippen LogP contribution in [0.4, 0.5) is 18.0 Å². The van der Waals surface area contributed by atoms with Gasteiger partial charge in [-0.1, -0.05) is 31.5 Å². The lowest BCUT2D eigenvalue weighted by Gasteiger charge is -2.07. The fourth-order valence-electron chi connectivity index (χ4n) is 1.25. The minimum atomic E-state index is -4.52. The second-order valence-electron chi connectivity index (χ2n) is 4.79. The number of hydrogen-bond acceptors (Lipinski definition) is 3. The van der Waals surface area contributed by atoms with Gasteiger partial charge in [-0.2, -0.15) is 13.2 Å². The highest BCUT2D eigenvalue weighted by molar-refractivity contribution is 6.41. The van der Waals surface area contributed by atoms with Crippen LogP contribution in [-0.2, 0) is 9.53 Å². The van der Waals surface area contributed by atoms with Crippen LogP contribution >= 0.6 is 11.6 Å². The maximum atomic E-state index is 11.7. The molecule has 0 spiro atoms. The Balaban J connectivity index is 0.000000796. The maximum absolute atomic E-state index is 11.7. The highest BCUT2D eigenvalue weighted by Crippen LogP contribution is 2.53. The van der Waals surface area contributed by atoms with Crippen molar-refractivity contribution in [1.29, 1.82) is 0 Å². The van der Waals surface area contributed by atoms with Crippen LogP contribution in [0.2, 0.25) is 0 Å². The Morgan fingerprint density at radius 3 is 2.10 bits per heavy atom. The zero-order chi connectivity index (χ0) is 16.1. The first-order chi connectivity index (χ1) is 8.85. The van der Waals surface area contributed by atoms with Crippen LogP contribution in [0.5, 0.6) is 0 Å². The standard InChI is InChI=1S/C10H12ClF3O2.CH2O3/c1-9(2)4-6(9)3-7(11)8(15)16-5-10(12,13)14;2-1(3)4/h3,6H,4-5H2,1-2H3;(H2,2,3,4). The number of esters is 1. The van der Waals surface area contributed by atoms with Crippen molar-refractivity contribution in [3.05, 3.63) is 11.1 Å². The lowest BCUT2D eigenvalue weighted by Crippen LogP contribution is -2.20. The van der Waals surface area contributed by atoms with Crippen molar-refractivity contribution in [3.63, 3.8) is 0 Å². The zero-order valence-electron chi connectivity index (χ0n) is 10.7. The van der Waals surface area contributed by atoms with Crippen LogP contribution in [0.15, 0.2) is 11.1 Å². The molecule has 1 atom stereocenters. The van der Waals surface area contributed by atoms with Crippen LogP contribution in [0.1, 0.15) is 20.3 Å². The van der Waals surface area contributed by atoms with E-state index in [1.165, 1.54) is 6.08 Å². The molecular weight excluding hydrogens is 305 g/mol. The SMILES string of the molecule is CC1(C)CC1C=C(Cl)C(=O)OCC(F)(F)F.O=C(O)O. The van der Waals surface area contributed by atoms with Gasteiger partial charge in [-0.25, -0.2) is 9.59 Å². The third-order valence-electron chi connectivity index (χ3n) is 2.50. The van der Waals surface area contributed by atoms with Crippen molar-refractivity contribution < 1.29 is 37.7 Å². The fourth-order valence-corrected chi connectivity index (χ4v) is 1.46. The van der Waals surface area contributed by atoms with Gasteiger partial charge in [0, 0.05) is 0 Å². The highest BCUT2D eigenvalue weighted by Gasteiger charge is 2.44. The molecule has 1 aliphatic carbocycles. The number of alkyl halides is 3.